The van der Waals surface area contributed by atoms with E-state index in [9.17, 15) is 0 Å². The van der Waals surface area contributed by atoms with E-state index >= 15 is 0 Å². The lowest BCUT2D eigenvalue weighted by molar-refractivity contribution is 0.111. The number of unbranched alkanes of at least 4 members (excludes halogenated alkanes) is 1. The van der Waals surface area contributed by atoms with Gasteiger partial charge in [-0.15, -0.1) is 0 Å². The molecule has 0 aliphatic carbocycles. The highest BCUT2D eigenvalue weighted by Gasteiger charge is 2.09. The molecule has 0 aliphatic heterocycles. The summed E-state index contributed by atoms with van der Waals surface area (Å²) in [5.41, 5.74) is 1.20. The first-order valence-corrected chi connectivity index (χ1v) is 6.20. The van der Waals surface area contributed by atoms with Crippen LogP contribution in [0.1, 0.15) is 31.4 Å². The molecule has 0 aliphatic rings. The van der Waals surface area contributed by atoms with Gasteiger partial charge in [0.25, 0.3) is 0 Å². The van der Waals surface area contributed by atoms with Gasteiger partial charge in [0.2, 0.25) is 0 Å². The minimum atomic E-state index is 0.224. The molecule has 0 bridgehead atoms. The Bertz CT molecular complexity index is 315. The van der Waals surface area contributed by atoms with Crippen LogP contribution in [0.15, 0.2) is 24.3 Å². The number of hydrogen-bond donors (Lipinski definition) is 1. The van der Waals surface area contributed by atoms with E-state index in [1.54, 1.807) is 7.11 Å². The summed E-state index contributed by atoms with van der Waals surface area (Å²) < 4.78 is 10.9. The molecule has 1 N–H and O–H groups in total. The Kier molecular flexibility index (Phi) is 6.67. The van der Waals surface area contributed by atoms with E-state index in [2.05, 4.69) is 18.3 Å². The van der Waals surface area contributed by atoms with Crippen LogP contribution in [-0.4, -0.2) is 27.4 Å². The van der Waals surface area contributed by atoms with E-state index in [-0.39, 0.29) is 6.04 Å². The first kappa shape index (κ1) is 14.0. The molecule has 0 fully saturated rings. The van der Waals surface area contributed by atoms with Gasteiger partial charge in [0.05, 0.1) is 19.8 Å². The first-order valence-electron chi connectivity index (χ1n) is 6.20. The molecule has 0 radical (unpaired) electrons. The van der Waals surface area contributed by atoms with Crippen LogP contribution in [0.3, 0.4) is 0 Å². The Morgan fingerprint density at radius 2 is 2.18 bits per heavy atom. The Balaban J connectivity index is 2.53. The number of ether oxygens (including phenoxy) is 2. The predicted molar refractivity (Wildman–Crippen MR) is 70.5 cm³/mol. The second kappa shape index (κ2) is 8.09. The van der Waals surface area contributed by atoms with Crippen LogP contribution in [0.2, 0.25) is 0 Å². The zero-order chi connectivity index (χ0) is 12.5. The van der Waals surface area contributed by atoms with Crippen molar-refractivity contribution >= 4 is 0 Å². The van der Waals surface area contributed by atoms with Gasteiger partial charge in [0.1, 0.15) is 5.75 Å². The molecule has 3 nitrogen and oxygen atoms in total. The highest BCUT2D eigenvalue weighted by atomic mass is 16.5. The van der Waals surface area contributed by atoms with Crippen molar-refractivity contribution in [3.05, 3.63) is 29.8 Å². The van der Waals surface area contributed by atoms with Gasteiger partial charge < -0.3 is 14.8 Å². The summed E-state index contributed by atoms with van der Waals surface area (Å²) >= 11 is 0. The maximum Gasteiger partial charge on any atom is 0.119 e. The Labute approximate surface area is 104 Å². The average molecular weight is 237 g/mol. The van der Waals surface area contributed by atoms with Crippen LogP contribution in [0, 0.1) is 0 Å². The van der Waals surface area contributed by atoms with Gasteiger partial charge in [0, 0.05) is 6.61 Å². The quantitative estimate of drug-likeness (QED) is 0.705. The third-order valence-electron chi connectivity index (χ3n) is 2.77. The van der Waals surface area contributed by atoms with Crippen molar-refractivity contribution < 1.29 is 9.47 Å². The number of methoxy groups -OCH3 is 1. The van der Waals surface area contributed by atoms with E-state index in [1.165, 1.54) is 12.0 Å². The van der Waals surface area contributed by atoms with E-state index in [1.807, 2.05) is 25.2 Å². The van der Waals surface area contributed by atoms with Gasteiger partial charge in [0.15, 0.2) is 0 Å². The lowest BCUT2D eigenvalue weighted by atomic mass is 10.1. The molecule has 96 valence electrons. The molecule has 1 rings (SSSR count). The highest BCUT2D eigenvalue weighted by molar-refractivity contribution is 5.30. The largest absolute Gasteiger partial charge is 0.497 e. The Morgan fingerprint density at radius 1 is 1.35 bits per heavy atom. The topological polar surface area (TPSA) is 30.5 Å². The maximum absolute atomic E-state index is 5.65. The van der Waals surface area contributed by atoms with Gasteiger partial charge >= 0.3 is 0 Å². The molecule has 0 saturated carbocycles. The van der Waals surface area contributed by atoms with E-state index < -0.39 is 0 Å². The van der Waals surface area contributed by atoms with Gasteiger partial charge in [-0.05, 0) is 31.2 Å². The number of rotatable bonds is 8. The maximum atomic E-state index is 5.65. The first-order chi connectivity index (χ1) is 8.31. The molecule has 17 heavy (non-hydrogen) atoms. The van der Waals surface area contributed by atoms with Crippen molar-refractivity contribution in [1.29, 1.82) is 0 Å². The lowest BCUT2D eigenvalue weighted by Gasteiger charge is -2.17. The average Bonchev–Trinajstić information content (AvgIpc) is 2.39. The Hall–Kier alpha value is -1.06. The molecular weight excluding hydrogens is 214 g/mol. The van der Waals surface area contributed by atoms with Gasteiger partial charge in [-0.2, -0.15) is 0 Å². The molecule has 0 aromatic heterocycles. The zero-order valence-electron chi connectivity index (χ0n) is 11.0. The fourth-order valence-corrected chi connectivity index (χ4v) is 1.65. The number of nitrogens with one attached hydrogen (secondary N) is 1. The molecule has 1 unspecified atom stereocenters. The summed E-state index contributed by atoms with van der Waals surface area (Å²) in [4.78, 5) is 0. The highest BCUT2D eigenvalue weighted by Crippen LogP contribution is 2.19. The summed E-state index contributed by atoms with van der Waals surface area (Å²) in [6.45, 7) is 3.70. The van der Waals surface area contributed by atoms with Crippen molar-refractivity contribution in [2.75, 3.05) is 27.4 Å². The second-order valence-corrected chi connectivity index (χ2v) is 4.05. The summed E-state index contributed by atoms with van der Waals surface area (Å²) in [5, 5.41) is 3.27. The second-order valence-electron chi connectivity index (χ2n) is 4.05. The van der Waals surface area contributed by atoms with E-state index in [0.717, 1.165) is 18.8 Å². The van der Waals surface area contributed by atoms with Crippen molar-refractivity contribution in [3.63, 3.8) is 0 Å². The number of likely N-dealkylation sites (N-methyl/N-ethyl adjacent to an activating group) is 1. The molecular formula is C14H23NO2. The number of hydrogen-bond acceptors (Lipinski definition) is 3. The normalized spacial score (nSPS) is 12.4. The monoisotopic (exact) mass is 237 g/mol. The molecule has 0 saturated heterocycles. The Morgan fingerprint density at radius 3 is 2.82 bits per heavy atom. The third kappa shape index (κ3) is 4.75. The molecule has 0 amide bonds. The fraction of sp³-hybridized carbons (Fsp3) is 0.571. The van der Waals surface area contributed by atoms with E-state index in [4.69, 9.17) is 9.47 Å². The van der Waals surface area contributed by atoms with Crippen LogP contribution in [0.25, 0.3) is 0 Å². The zero-order valence-corrected chi connectivity index (χ0v) is 11.0. The van der Waals surface area contributed by atoms with Gasteiger partial charge in [-0.25, -0.2) is 0 Å². The van der Waals surface area contributed by atoms with Crippen LogP contribution < -0.4 is 10.1 Å². The van der Waals surface area contributed by atoms with Crippen molar-refractivity contribution in [2.45, 2.75) is 25.8 Å². The minimum Gasteiger partial charge on any atom is -0.497 e. The van der Waals surface area contributed by atoms with Gasteiger partial charge in [-0.3, -0.25) is 0 Å². The lowest BCUT2D eigenvalue weighted by Crippen LogP contribution is -2.22. The van der Waals surface area contributed by atoms with Crippen LogP contribution in [0.5, 0.6) is 5.75 Å². The molecule has 1 atom stereocenters. The minimum absolute atomic E-state index is 0.224. The molecule has 0 heterocycles. The van der Waals surface area contributed by atoms with Crippen LogP contribution in [-0.2, 0) is 4.74 Å². The molecule has 1 aromatic carbocycles. The van der Waals surface area contributed by atoms with Crippen LogP contribution >= 0.6 is 0 Å². The van der Waals surface area contributed by atoms with Gasteiger partial charge in [-0.1, -0.05) is 25.5 Å². The summed E-state index contributed by atoms with van der Waals surface area (Å²) in [5.74, 6) is 0.885. The standard InChI is InChI=1S/C14H23NO2/c1-4-5-9-17-11-14(15-2)12-7-6-8-13(10-12)16-3/h6-8,10,14-15H,4-5,9,11H2,1-3H3. The summed E-state index contributed by atoms with van der Waals surface area (Å²) in [6, 6.07) is 8.32. The summed E-state index contributed by atoms with van der Waals surface area (Å²) in [7, 11) is 3.64. The third-order valence-corrected chi connectivity index (χ3v) is 2.77. The van der Waals surface area contributed by atoms with E-state index in [0.29, 0.717) is 6.61 Å². The SMILES string of the molecule is CCCCOCC(NC)c1cccc(OC)c1. The predicted octanol–water partition coefficient (Wildman–Crippen LogP) is 2.77. The van der Waals surface area contributed by atoms with Crippen LogP contribution in [0.4, 0.5) is 0 Å². The number of benzene rings is 1. The summed E-state index contributed by atoms with van der Waals surface area (Å²) in [6.07, 6.45) is 2.29. The smallest absolute Gasteiger partial charge is 0.119 e. The molecule has 1 aromatic rings. The fourth-order valence-electron chi connectivity index (χ4n) is 1.65. The molecule has 0 spiro atoms. The van der Waals surface area contributed by atoms with Crippen molar-refractivity contribution in [3.8, 4) is 5.75 Å². The van der Waals surface area contributed by atoms with Crippen molar-refractivity contribution in [1.82, 2.24) is 5.32 Å². The molecule has 3 heteroatoms. The van der Waals surface area contributed by atoms with Crippen molar-refractivity contribution in [2.24, 2.45) is 0 Å².